The Hall–Kier alpha value is -2.41. The Morgan fingerprint density at radius 1 is 1.00 bits per heavy atom. The largest absolute Gasteiger partial charge is 0.345 e. The molecular formula is C23H28N4O2S. The maximum absolute atomic E-state index is 12.7. The molecule has 0 spiro atoms. The number of thiazole rings is 1. The molecule has 1 aromatic heterocycles. The highest BCUT2D eigenvalue weighted by molar-refractivity contribution is 7.15. The number of piperazine rings is 1. The minimum atomic E-state index is 0.00273. The molecule has 0 radical (unpaired) electrons. The number of fused-ring (bicyclic) bond motifs is 1. The van der Waals surface area contributed by atoms with E-state index < -0.39 is 0 Å². The quantitative estimate of drug-likeness (QED) is 0.818. The molecule has 1 N–H and O–H groups in total. The van der Waals surface area contributed by atoms with Gasteiger partial charge in [0.05, 0.1) is 5.69 Å². The number of carbonyl (C=O) groups is 2. The Morgan fingerprint density at radius 3 is 2.47 bits per heavy atom. The maximum atomic E-state index is 12.7. The third-order valence-corrected chi connectivity index (χ3v) is 7.84. The van der Waals surface area contributed by atoms with E-state index in [9.17, 15) is 9.59 Å². The van der Waals surface area contributed by atoms with Gasteiger partial charge in [-0.25, -0.2) is 4.98 Å². The Balaban J connectivity index is 1.18. The highest BCUT2D eigenvalue weighted by Crippen LogP contribution is 2.35. The van der Waals surface area contributed by atoms with Crippen molar-refractivity contribution in [1.29, 1.82) is 0 Å². The molecule has 1 saturated heterocycles. The number of benzene rings is 1. The summed E-state index contributed by atoms with van der Waals surface area (Å²) in [5, 5.41) is 4.10. The molecule has 2 aromatic rings. The summed E-state index contributed by atoms with van der Waals surface area (Å²) < 4.78 is 0. The number of aryl methyl sites for hydroxylation is 1. The molecule has 158 valence electrons. The van der Waals surface area contributed by atoms with Gasteiger partial charge in [0.1, 0.15) is 0 Å². The van der Waals surface area contributed by atoms with Crippen molar-refractivity contribution in [3.63, 3.8) is 0 Å². The molecule has 0 bridgehead atoms. The zero-order chi connectivity index (χ0) is 20.5. The number of para-hydroxylation sites is 1. The molecule has 2 amide bonds. The SMILES string of the molecule is O=C(Nc1ccccc1)[C@@H]1CCc2nc(N3CCN(C(=O)C4CCC4)CC3)sc2C1. The summed E-state index contributed by atoms with van der Waals surface area (Å²) in [6.07, 6.45) is 5.81. The predicted octanol–water partition coefficient (Wildman–Crippen LogP) is 3.34. The number of aromatic nitrogens is 1. The molecule has 2 aliphatic carbocycles. The average molecular weight is 425 g/mol. The Labute approximate surface area is 181 Å². The summed E-state index contributed by atoms with van der Waals surface area (Å²) in [5.41, 5.74) is 2.01. The molecule has 2 heterocycles. The fraction of sp³-hybridized carbons (Fsp3) is 0.522. The summed E-state index contributed by atoms with van der Waals surface area (Å²) in [7, 11) is 0. The third-order valence-electron chi connectivity index (χ3n) is 6.66. The smallest absolute Gasteiger partial charge is 0.227 e. The van der Waals surface area contributed by atoms with Crippen LogP contribution >= 0.6 is 11.3 Å². The van der Waals surface area contributed by atoms with E-state index >= 15 is 0 Å². The van der Waals surface area contributed by atoms with Crippen LogP contribution in [0.25, 0.3) is 0 Å². The van der Waals surface area contributed by atoms with E-state index in [0.717, 1.165) is 74.8 Å². The van der Waals surface area contributed by atoms with Crippen LogP contribution in [0.3, 0.4) is 0 Å². The first kappa shape index (κ1) is 19.5. The number of hydrogen-bond acceptors (Lipinski definition) is 5. The van der Waals surface area contributed by atoms with Gasteiger partial charge in [-0.05, 0) is 44.2 Å². The van der Waals surface area contributed by atoms with Gasteiger partial charge >= 0.3 is 0 Å². The molecule has 7 heteroatoms. The maximum Gasteiger partial charge on any atom is 0.227 e. The lowest BCUT2D eigenvalue weighted by atomic mass is 9.84. The van der Waals surface area contributed by atoms with Gasteiger partial charge in [0, 0.05) is 48.6 Å². The second kappa shape index (κ2) is 8.38. The van der Waals surface area contributed by atoms with E-state index in [-0.39, 0.29) is 17.7 Å². The van der Waals surface area contributed by atoms with Gasteiger partial charge in [0.25, 0.3) is 0 Å². The van der Waals surface area contributed by atoms with Crippen molar-refractivity contribution in [3.05, 3.63) is 40.9 Å². The second-order valence-electron chi connectivity index (χ2n) is 8.60. The van der Waals surface area contributed by atoms with Crippen molar-refractivity contribution in [2.45, 2.75) is 38.5 Å². The minimum Gasteiger partial charge on any atom is -0.345 e. The summed E-state index contributed by atoms with van der Waals surface area (Å²) in [6, 6.07) is 9.66. The van der Waals surface area contributed by atoms with E-state index in [2.05, 4.69) is 10.2 Å². The molecule has 3 aliphatic rings. The molecule has 6 nitrogen and oxygen atoms in total. The minimum absolute atomic E-state index is 0.00273. The summed E-state index contributed by atoms with van der Waals surface area (Å²) >= 11 is 1.73. The number of amides is 2. The second-order valence-corrected chi connectivity index (χ2v) is 9.66. The van der Waals surface area contributed by atoms with Gasteiger partial charge in [-0.1, -0.05) is 24.6 Å². The number of nitrogens with zero attached hydrogens (tertiary/aromatic N) is 3. The van der Waals surface area contributed by atoms with E-state index in [0.29, 0.717) is 5.91 Å². The molecular weight excluding hydrogens is 396 g/mol. The van der Waals surface area contributed by atoms with Crippen molar-refractivity contribution < 1.29 is 9.59 Å². The first-order valence-electron chi connectivity index (χ1n) is 11.1. The molecule has 0 unspecified atom stereocenters. The molecule has 1 aromatic carbocycles. The molecule has 30 heavy (non-hydrogen) atoms. The first-order chi connectivity index (χ1) is 14.7. The van der Waals surface area contributed by atoms with Crippen LogP contribution in [0, 0.1) is 11.8 Å². The lowest BCUT2D eigenvalue weighted by Crippen LogP contribution is -2.51. The molecule has 1 aliphatic heterocycles. The van der Waals surface area contributed by atoms with Gasteiger partial charge in [0.15, 0.2) is 5.13 Å². The number of carbonyl (C=O) groups excluding carboxylic acids is 2. The number of anilines is 2. The van der Waals surface area contributed by atoms with Crippen molar-refractivity contribution in [3.8, 4) is 0 Å². The first-order valence-corrected chi connectivity index (χ1v) is 11.9. The van der Waals surface area contributed by atoms with Crippen LogP contribution in [0.4, 0.5) is 10.8 Å². The lowest BCUT2D eigenvalue weighted by Gasteiger charge is -2.38. The standard InChI is InChI=1S/C23H28N4O2S/c28-21(24-18-7-2-1-3-8-18)17-9-10-19-20(15-17)30-23(25-19)27-13-11-26(12-14-27)22(29)16-5-4-6-16/h1-3,7-8,16-17H,4-6,9-15H2,(H,24,28)/t17-/m1/s1. The van der Waals surface area contributed by atoms with E-state index in [1.54, 1.807) is 11.3 Å². The van der Waals surface area contributed by atoms with Gasteiger partial charge in [0.2, 0.25) is 11.8 Å². The fourth-order valence-corrected chi connectivity index (χ4v) is 5.76. The Morgan fingerprint density at radius 2 is 1.77 bits per heavy atom. The van der Waals surface area contributed by atoms with Crippen LogP contribution in [0.1, 0.15) is 36.3 Å². The lowest BCUT2D eigenvalue weighted by molar-refractivity contribution is -0.138. The summed E-state index contributed by atoms with van der Waals surface area (Å²) in [4.78, 5) is 35.7. The predicted molar refractivity (Wildman–Crippen MR) is 119 cm³/mol. The average Bonchev–Trinajstić information content (AvgIpc) is 3.16. The van der Waals surface area contributed by atoms with Crippen molar-refractivity contribution in [2.24, 2.45) is 11.8 Å². The van der Waals surface area contributed by atoms with E-state index in [1.807, 2.05) is 35.2 Å². The highest BCUT2D eigenvalue weighted by atomic mass is 32.1. The van der Waals surface area contributed by atoms with Gasteiger partial charge in [-0.2, -0.15) is 0 Å². The van der Waals surface area contributed by atoms with Crippen LogP contribution in [0.2, 0.25) is 0 Å². The van der Waals surface area contributed by atoms with E-state index in [4.69, 9.17) is 4.98 Å². The van der Waals surface area contributed by atoms with Crippen LogP contribution < -0.4 is 10.2 Å². The highest BCUT2D eigenvalue weighted by Gasteiger charge is 2.33. The molecule has 2 fully saturated rings. The van der Waals surface area contributed by atoms with Crippen molar-refractivity contribution >= 4 is 34.0 Å². The normalized spacial score (nSPS) is 21.7. The van der Waals surface area contributed by atoms with Crippen LogP contribution in [0.15, 0.2) is 30.3 Å². The summed E-state index contributed by atoms with van der Waals surface area (Å²) in [6.45, 7) is 3.29. The molecule has 1 saturated carbocycles. The zero-order valence-electron chi connectivity index (χ0n) is 17.2. The topological polar surface area (TPSA) is 65.5 Å². The van der Waals surface area contributed by atoms with Crippen molar-refractivity contribution in [2.75, 3.05) is 36.4 Å². The number of nitrogens with one attached hydrogen (secondary N) is 1. The Bertz CT molecular complexity index is 917. The van der Waals surface area contributed by atoms with Gasteiger partial charge < -0.3 is 15.1 Å². The van der Waals surface area contributed by atoms with Gasteiger partial charge in [-0.15, -0.1) is 11.3 Å². The van der Waals surface area contributed by atoms with Gasteiger partial charge in [-0.3, -0.25) is 9.59 Å². The van der Waals surface area contributed by atoms with Crippen molar-refractivity contribution in [1.82, 2.24) is 9.88 Å². The van der Waals surface area contributed by atoms with Crippen LogP contribution in [-0.4, -0.2) is 47.9 Å². The number of rotatable bonds is 4. The molecule has 1 atom stereocenters. The third kappa shape index (κ3) is 3.95. The number of hydrogen-bond donors (Lipinski definition) is 1. The summed E-state index contributed by atoms with van der Waals surface area (Å²) in [5.74, 6) is 0.738. The van der Waals surface area contributed by atoms with Crippen LogP contribution in [-0.2, 0) is 22.4 Å². The molecule has 5 rings (SSSR count). The fourth-order valence-electron chi connectivity index (χ4n) is 4.52. The monoisotopic (exact) mass is 424 g/mol. The van der Waals surface area contributed by atoms with Crippen LogP contribution in [0.5, 0.6) is 0 Å². The van der Waals surface area contributed by atoms with E-state index in [1.165, 1.54) is 11.3 Å². The zero-order valence-corrected chi connectivity index (χ0v) is 18.0. The Kier molecular flexibility index (Phi) is 5.46.